The Morgan fingerprint density at radius 2 is 1.19 bits per heavy atom. The van der Waals surface area contributed by atoms with Gasteiger partial charge in [-0.3, -0.25) is 4.39 Å². The monoisotopic (exact) mass is 376 g/mol. The van der Waals surface area contributed by atoms with E-state index in [4.69, 9.17) is 0 Å². The second kappa shape index (κ2) is 11.6. The van der Waals surface area contributed by atoms with E-state index in [0.29, 0.717) is 6.42 Å². The van der Waals surface area contributed by atoms with E-state index in [1.807, 2.05) is 0 Å². The first kappa shape index (κ1) is 21.4. The number of rotatable bonds is 8. The van der Waals surface area contributed by atoms with Crippen molar-refractivity contribution < 1.29 is 4.39 Å². The van der Waals surface area contributed by atoms with Gasteiger partial charge in [0, 0.05) is 0 Å². The van der Waals surface area contributed by atoms with Gasteiger partial charge in [0.1, 0.15) is 0 Å². The molecule has 1 heteroatoms. The minimum absolute atomic E-state index is 0.199. The molecule has 3 aliphatic rings. The molecule has 0 N–H and O–H groups in total. The lowest BCUT2D eigenvalue weighted by Gasteiger charge is -2.41. The van der Waals surface area contributed by atoms with Crippen molar-refractivity contribution in [1.82, 2.24) is 0 Å². The van der Waals surface area contributed by atoms with E-state index in [2.05, 4.69) is 19.1 Å². The van der Waals surface area contributed by atoms with E-state index in [1.54, 1.807) is 12.8 Å². The van der Waals surface area contributed by atoms with Crippen LogP contribution in [0.2, 0.25) is 0 Å². The van der Waals surface area contributed by atoms with Crippen molar-refractivity contribution >= 4 is 0 Å². The first-order valence-electron chi connectivity index (χ1n) is 12.5. The first-order valence-corrected chi connectivity index (χ1v) is 12.5. The fraction of sp³-hybridized carbons (Fsp3) is 0.923. The molecule has 156 valence electrons. The molecule has 0 aliphatic heterocycles. The summed E-state index contributed by atoms with van der Waals surface area (Å²) in [6.07, 6.45) is 27.2. The van der Waals surface area contributed by atoms with E-state index in [1.165, 1.54) is 83.5 Å². The number of halogens is 1. The maximum atomic E-state index is 12.2. The van der Waals surface area contributed by atoms with Crippen LogP contribution >= 0.6 is 0 Å². The first-order chi connectivity index (χ1) is 13.3. The van der Waals surface area contributed by atoms with Crippen LogP contribution in [0.3, 0.4) is 0 Å². The molecular weight excluding hydrogens is 331 g/mol. The van der Waals surface area contributed by atoms with Crippen LogP contribution in [0.4, 0.5) is 4.39 Å². The average molecular weight is 377 g/mol. The molecule has 0 radical (unpaired) electrons. The molecule has 0 heterocycles. The van der Waals surface area contributed by atoms with Crippen LogP contribution < -0.4 is 0 Å². The van der Waals surface area contributed by atoms with Gasteiger partial charge in [0.15, 0.2) is 0 Å². The third-order valence-corrected chi connectivity index (χ3v) is 8.51. The van der Waals surface area contributed by atoms with Crippen molar-refractivity contribution in [3.05, 3.63) is 12.2 Å². The minimum atomic E-state index is -0.199. The summed E-state index contributed by atoms with van der Waals surface area (Å²) in [5.74, 6) is 5.96. The van der Waals surface area contributed by atoms with E-state index >= 15 is 0 Å². The Hall–Kier alpha value is -0.330. The standard InChI is InChI=1S/C26H45F/c1-2-3-6-21-8-12-23(13-9-21)25-16-18-26(19-17-25)24-14-10-22(11-15-24)7-4-5-20-27/h4,7,21-26H,2-3,5-6,8-20H2,1H3/t21-,22-,23-,24-,25-,26-. The van der Waals surface area contributed by atoms with Gasteiger partial charge in [0.25, 0.3) is 0 Å². The van der Waals surface area contributed by atoms with Gasteiger partial charge in [0.2, 0.25) is 0 Å². The Morgan fingerprint density at radius 1 is 0.704 bits per heavy atom. The lowest BCUT2D eigenvalue weighted by molar-refractivity contribution is 0.107. The molecule has 0 saturated heterocycles. The van der Waals surface area contributed by atoms with Crippen LogP contribution in [-0.2, 0) is 0 Å². The smallest absolute Gasteiger partial charge is 0.0928 e. The molecule has 3 aliphatic carbocycles. The van der Waals surface area contributed by atoms with Gasteiger partial charge in [-0.05, 0) is 106 Å². The van der Waals surface area contributed by atoms with Crippen molar-refractivity contribution in [3.63, 3.8) is 0 Å². The van der Waals surface area contributed by atoms with Gasteiger partial charge < -0.3 is 0 Å². The summed E-state index contributed by atoms with van der Waals surface area (Å²) in [4.78, 5) is 0. The number of hydrogen-bond donors (Lipinski definition) is 0. The SMILES string of the molecule is CCCC[C@H]1CC[C@H]([C@H]2CC[C@H]([C@H]3CC[C@H](C=CCCF)CC3)CC2)CC1. The number of allylic oxidation sites excluding steroid dienone is 2. The highest BCUT2D eigenvalue weighted by Crippen LogP contribution is 2.46. The molecule has 0 amide bonds. The van der Waals surface area contributed by atoms with Gasteiger partial charge in [-0.25, -0.2) is 0 Å². The summed E-state index contributed by atoms with van der Waals surface area (Å²) in [7, 11) is 0. The van der Waals surface area contributed by atoms with E-state index in [-0.39, 0.29) is 6.67 Å². The van der Waals surface area contributed by atoms with Crippen molar-refractivity contribution in [2.24, 2.45) is 35.5 Å². The number of unbranched alkanes of at least 4 members (excludes halogenated alkanes) is 1. The maximum Gasteiger partial charge on any atom is 0.0928 e. The number of hydrogen-bond acceptors (Lipinski definition) is 0. The predicted octanol–water partition coefficient (Wildman–Crippen LogP) is 8.51. The van der Waals surface area contributed by atoms with E-state index < -0.39 is 0 Å². The molecule has 0 aromatic carbocycles. The molecule has 0 bridgehead atoms. The zero-order valence-corrected chi connectivity index (χ0v) is 18.0. The van der Waals surface area contributed by atoms with Gasteiger partial charge >= 0.3 is 0 Å². The highest BCUT2D eigenvalue weighted by Gasteiger charge is 2.34. The Bertz CT molecular complexity index is 404. The summed E-state index contributed by atoms with van der Waals surface area (Å²) in [5, 5.41) is 0. The van der Waals surface area contributed by atoms with Gasteiger partial charge in [-0.15, -0.1) is 0 Å². The topological polar surface area (TPSA) is 0 Å². The van der Waals surface area contributed by atoms with Crippen molar-refractivity contribution in [2.75, 3.05) is 6.67 Å². The van der Waals surface area contributed by atoms with E-state index in [9.17, 15) is 4.39 Å². The molecule has 0 spiro atoms. The minimum Gasteiger partial charge on any atom is -0.251 e. The highest BCUT2D eigenvalue weighted by molar-refractivity contribution is 4.93. The van der Waals surface area contributed by atoms with Crippen LogP contribution in [0, 0.1) is 35.5 Å². The maximum absolute atomic E-state index is 12.2. The molecule has 3 saturated carbocycles. The predicted molar refractivity (Wildman–Crippen MR) is 116 cm³/mol. The molecule has 0 atom stereocenters. The molecular formula is C26H45F. The lowest BCUT2D eigenvalue weighted by atomic mass is 9.65. The summed E-state index contributed by atoms with van der Waals surface area (Å²) >= 11 is 0. The molecule has 3 fully saturated rings. The molecule has 0 nitrogen and oxygen atoms in total. The highest BCUT2D eigenvalue weighted by atomic mass is 19.1. The van der Waals surface area contributed by atoms with Gasteiger partial charge in [-0.2, -0.15) is 0 Å². The summed E-state index contributed by atoms with van der Waals surface area (Å²) < 4.78 is 12.2. The lowest BCUT2D eigenvalue weighted by Crippen LogP contribution is -2.29. The van der Waals surface area contributed by atoms with Crippen LogP contribution in [-0.4, -0.2) is 6.67 Å². The molecule has 3 rings (SSSR count). The zero-order chi connectivity index (χ0) is 18.9. The fourth-order valence-corrected chi connectivity index (χ4v) is 6.69. The summed E-state index contributed by atoms with van der Waals surface area (Å²) in [6, 6.07) is 0. The summed E-state index contributed by atoms with van der Waals surface area (Å²) in [6.45, 7) is 2.13. The third kappa shape index (κ3) is 6.60. The quantitative estimate of drug-likeness (QED) is 0.372. The Balaban J connectivity index is 1.33. The van der Waals surface area contributed by atoms with Crippen LogP contribution in [0.25, 0.3) is 0 Å². The van der Waals surface area contributed by atoms with Crippen molar-refractivity contribution in [3.8, 4) is 0 Å². The van der Waals surface area contributed by atoms with Crippen LogP contribution in [0.15, 0.2) is 12.2 Å². The Labute approximate surface area is 168 Å². The molecule has 0 aromatic heterocycles. The average Bonchev–Trinajstić information content (AvgIpc) is 2.73. The molecule has 0 unspecified atom stereocenters. The molecule has 27 heavy (non-hydrogen) atoms. The van der Waals surface area contributed by atoms with Crippen molar-refractivity contribution in [1.29, 1.82) is 0 Å². The second-order valence-corrected chi connectivity index (χ2v) is 10.2. The second-order valence-electron chi connectivity index (χ2n) is 10.2. The van der Waals surface area contributed by atoms with E-state index in [0.717, 1.165) is 35.5 Å². The Kier molecular flexibility index (Phi) is 9.20. The van der Waals surface area contributed by atoms with Crippen LogP contribution in [0.5, 0.6) is 0 Å². The molecule has 0 aromatic rings. The van der Waals surface area contributed by atoms with Gasteiger partial charge in [0.05, 0.1) is 6.67 Å². The van der Waals surface area contributed by atoms with Gasteiger partial charge in [-0.1, -0.05) is 51.2 Å². The third-order valence-electron chi connectivity index (χ3n) is 8.51. The van der Waals surface area contributed by atoms with Crippen molar-refractivity contribution in [2.45, 2.75) is 110 Å². The van der Waals surface area contributed by atoms with Crippen LogP contribution in [0.1, 0.15) is 110 Å². The largest absolute Gasteiger partial charge is 0.251 e. The number of alkyl halides is 1. The Morgan fingerprint density at radius 3 is 1.67 bits per heavy atom. The summed E-state index contributed by atoms with van der Waals surface area (Å²) in [5.41, 5.74) is 0. The fourth-order valence-electron chi connectivity index (χ4n) is 6.69. The zero-order valence-electron chi connectivity index (χ0n) is 18.0. The normalized spacial score (nSPS) is 38.3.